The predicted octanol–water partition coefficient (Wildman–Crippen LogP) is 8.32. The highest BCUT2D eigenvalue weighted by atomic mass is 15.4. The maximum atomic E-state index is 4.66. The number of aromatic nitrogens is 5. The third-order valence-electron chi connectivity index (χ3n) is 10.3. The van der Waals surface area contributed by atoms with Crippen LogP contribution in [0.3, 0.4) is 0 Å². The quantitative estimate of drug-likeness (QED) is 0.154. The predicted molar refractivity (Wildman–Crippen MR) is 176 cm³/mol. The lowest BCUT2D eigenvalue weighted by molar-refractivity contribution is -0.759. The van der Waals surface area contributed by atoms with Crippen molar-refractivity contribution in [1.82, 2.24) is 19.6 Å². The summed E-state index contributed by atoms with van der Waals surface area (Å²) in [6, 6.07) is 39.2. The number of para-hydroxylation sites is 2. The minimum atomic E-state index is -0.0197. The minimum absolute atomic E-state index is 0.00518. The molecule has 0 amide bonds. The average molecular weight is 571 g/mol. The summed E-state index contributed by atoms with van der Waals surface area (Å²) in [7, 11) is 0. The lowest BCUT2D eigenvalue weighted by Gasteiger charge is -2.52. The van der Waals surface area contributed by atoms with Crippen LogP contribution in [0.1, 0.15) is 32.3 Å². The van der Waals surface area contributed by atoms with E-state index in [4.69, 9.17) is 0 Å². The standard InChI is InChI=1S/C39H32N5/c1-3-38-21-22-39(38,4-2)42-23-11-10-15-35(42)32-25-29(18-20-33(32)38)43-26-34(40-41-43)27-17-19-31-30-14-8-9-16-36(30)44(37(31)24-27)28-12-6-5-7-13-28/h5-26H,3-4H2,1-2H3/q+1. The number of pyridine rings is 1. The van der Waals surface area contributed by atoms with Gasteiger partial charge in [-0.1, -0.05) is 79.7 Å². The van der Waals surface area contributed by atoms with Crippen molar-refractivity contribution in [2.75, 3.05) is 0 Å². The van der Waals surface area contributed by atoms with E-state index in [0.29, 0.717) is 0 Å². The number of nitrogens with zero attached hydrogens (tertiary/aromatic N) is 5. The van der Waals surface area contributed by atoms with Crippen molar-refractivity contribution in [3.63, 3.8) is 0 Å². The van der Waals surface area contributed by atoms with E-state index in [2.05, 4.69) is 167 Å². The van der Waals surface area contributed by atoms with Gasteiger partial charge in [-0.2, -0.15) is 4.57 Å². The Morgan fingerprint density at radius 3 is 2.34 bits per heavy atom. The molecular formula is C39H32N5+. The Kier molecular flexibility index (Phi) is 5.22. The first-order valence-electron chi connectivity index (χ1n) is 15.6. The van der Waals surface area contributed by atoms with Gasteiger partial charge >= 0.3 is 0 Å². The molecule has 0 N–H and O–H groups in total. The van der Waals surface area contributed by atoms with Gasteiger partial charge in [0.1, 0.15) is 5.69 Å². The molecule has 0 fully saturated rings. The van der Waals surface area contributed by atoms with Crippen molar-refractivity contribution in [1.29, 1.82) is 0 Å². The number of rotatable bonds is 5. The van der Waals surface area contributed by atoms with Crippen LogP contribution in [-0.4, -0.2) is 19.6 Å². The Morgan fingerprint density at radius 1 is 0.705 bits per heavy atom. The van der Waals surface area contributed by atoms with Crippen LogP contribution in [-0.2, 0) is 11.0 Å². The molecule has 2 atom stereocenters. The molecule has 2 unspecified atom stereocenters. The van der Waals surface area contributed by atoms with Gasteiger partial charge in [0, 0.05) is 40.6 Å². The summed E-state index contributed by atoms with van der Waals surface area (Å²) in [5.41, 5.74) is 10.3. The summed E-state index contributed by atoms with van der Waals surface area (Å²) in [6.45, 7) is 4.63. The lowest BCUT2D eigenvalue weighted by Crippen LogP contribution is -2.72. The molecular weight excluding hydrogens is 538 g/mol. The fourth-order valence-electron chi connectivity index (χ4n) is 8.11. The van der Waals surface area contributed by atoms with Crippen molar-refractivity contribution in [3.05, 3.63) is 139 Å². The summed E-state index contributed by atoms with van der Waals surface area (Å²) in [5.74, 6) is 0. The molecule has 7 aromatic rings. The van der Waals surface area contributed by atoms with E-state index in [1.54, 1.807) is 0 Å². The Hall–Kier alpha value is -5.29. The van der Waals surface area contributed by atoms with Gasteiger partial charge in [-0.15, -0.1) is 5.10 Å². The van der Waals surface area contributed by atoms with E-state index in [1.165, 1.54) is 33.1 Å². The number of benzene rings is 4. The van der Waals surface area contributed by atoms with E-state index in [0.717, 1.165) is 41.0 Å². The van der Waals surface area contributed by atoms with Crippen molar-refractivity contribution < 1.29 is 4.57 Å². The minimum Gasteiger partial charge on any atom is -0.309 e. The molecule has 5 nitrogen and oxygen atoms in total. The third-order valence-corrected chi connectivity index (χ3v) is 10.3. The summed E-state index contributed by atoms with van der Waals surface area (Å²) in [4.78, 5) is 0. The van der Waals surface area contributed by atoms with Crippen molar-refractivity contribution in [2.24, 2.45) is 0 Å². The molecule has 0 radical (unpaired) electrons. The third kappa shape index (κ3) is 3.16. The molecule has 3 aromatic heterocycles. The Morgan fingerprint density at radius 2 is 1.52 bits per heavy atom. The summed E-state index contributed by atoms with van der Waals surface area (Å²) < 4.78 is 6.75. The first-order chi connectivity index (χ1) is 21.7. The van der Waals surface area contributed by atoms with Gasteiger partial charge in [0.15, 0.2) is 11.7 Å². The zero-order valence-electron chi connectivity index (χ0n) is 24.9. The van der Waals surface area contributed by atoms with Crippen molar-refractivity contribution >= 4 is 21.8 Å². The largest absolute Gasteiger partial charge is 0.309 e. The van der Waals surface area contributed by atoms with Gasteiger partial charge < -0.3 is 4.57 Å². The zero-order chi connectivity index (χ0) is 29.5. The summed E-state index contributed by atoms with van der Waals surface area (Å²) >= 11 is 0. The van der Waals surface area contributed by atoms with E-state index >= 15 is 0 Å². The molecule has 0 bridgehead atoms. The molecule has 44 heavy (non-hydrogen) atoms. The molecule has 212 valence electrons. The van der Waals surface area contributed by atoms with Crippen LogP contribution in [0.25, 0.3) is 55.7 Å². The highest BCUT2D eigenvalue weighted by Crippen LogP contribution is 2.57. The average Bonchev–Trinajstić information content (AvgIpc) is 3.69. The summed E-state index contributed by atoms with van der Waals surface area (Å²) in [6.07, 6.45) is 11.3. The molecule has 1 aliphatic heterocycles. The van der Waals surface area contributed by atoms with Crippen LogP contribution in [0, 0.1) is 0 Å². The first kappa shape index (κ1) is 25.2. The van der Waals surface area contributed by atoms with Crippen LogP contribution in [0.2, 0.25) is 0 Å². The zero-order valence-corrected chi connectivity index (χ0v) is 24.9. The van der Waals surface area contributed by atoms with Gasteiger partial charge in [-0.25, -0.2) is 4.68 Å². The van der Waals surface area contributed by atoms with Gasteiger partial charge in [-0.3, -0.25) is 0 Å². The topological polar surface area (TPSA) is 39.5 Å². The number of allylic oxidation sites excluding steroid dienone is 2. The highest BCUT2D eigenvalue weighted by Gasteiger charge is 2.64. The number of hydrogen-bond acceptors (Lipinski definition) is 2. The van der Waals surface area contributed by atoms with E-state index in [-0.39, 0.29) is 11.0 Å². The second kappa shape index (κ2) is 9.10. The maximum Gasteiger partial charge on any atom is 0.213 e. The fourth-order valence-corrected chi connectivity index (χ4v) is 8.11. The molecule has 1 aliphatic carbocycles. The normalized spacial score (nSPS) is 19.9. The fraction of sp³-hybridized carbons (Fsp3) is 0.154. The molecule has 5 heteroatoms. The number of fused-ring (bicyclic) bond motifs is 9. The monoisotopic (exact) mass is 570 g/mol. The van der Waals surface area contributed by atoms with Gasteiger partial charge in [0.2, 0.25) is 5.69 Å². The summed E-state index contributed by atoms with van der Waals surface area (Å²) in [5, 5.41) is 11.8. The van der Waals surface area contributed by atoms with Crippen LogP contribution in [0.4, 0.5) is 0 Å². The molecule has 0 spiro atoms. The van der Waals surface area contributed by atoms with Crippen LogP contribution in [0.15, 0.2) is 134 Å². The molecule has 2 aliphatic rings. The maximum absolute atomic E-state index is 4.66. The number of hydrogen-bond donors (Lipinski definition) is 0. The lowest BCUT2D eigenvalue weighted by atomic mass is 9.52. The van der Waals surface area contributed by atoms with E-state index < -0.39 is 0 Å². The molecule has 0 saturated heterocycles. The molecule has 4 aromatic carbocycles. The van der Waals surface area contributed by atoms with Gasteiger partial charge in [0.25, 0.3) is 0 Å². The first-order valence-corrected chi connectivity index (χ1v) is 15.6. The van der Waals surface area contributed by atoms with Gasteiger partial charge in [0.05, 0.1) is 33.9 Å². The Bertz CT molecular complexity index is 2270. The van der Waals surface area contributed by atoms with Crippen LogP contribution in [0.5, 0.6) is 0 Å². The van der Waals surface area contributed by atoms with Gasteiger partial charge in [-0.05, 0) is 60.5 Å². The molecule has 9 rings (SSSR count). The van der Waals surface area contributed by atoms with E-state index in [9.17, 15) is 0 Å². The Balaban J connectivity index is 1.16. The SMILES string of the molecule is CCC12C=CC1(CC)[n+]1ccccc1-c1cc(-n3cc(-c4ccc5c6ccccc6n(-c6ccccc6)c5c4)nn3)ccc12. The van der Waals surface area contributed by atoms with Crippen LogP contribution >= 0.6 is 0 Å². The molecule has 0 saturated carbocycles. The van der Waals surface area contributed by atoms with E-state index in [1.807, 2.05) is 4.68 Å². The second-order valence-corrected chi connectivity index (χ2v) is 12.1. The van der Waals surface area contributed by atoms with Crippen LogP contribution < -0.4 is 4.57 Å². The second-order valence-electron chi connectivity index (χ2n) is 12.1. The smallest absolute Gasteiger partial charge is 0.213 e. The molecule has 4 heterocycles. The Labute approximate surface area is 256 Å². The van der Waals surface area contributed by atoms with Crippen molar-refractivity contribution in [3.8, 4) is 33.9 Å². The highest BCUT2D eigenvalue weighted by molar-refractivity contribution is 6.10. The van der Waals surface area contributed by atoms with Crippen molar-refractivity contribution in [2.45, 2.75) is 37.6 Å².